The Hall–Kier alpha value is -2.45. The summed E-state index contributed by atoms with van der Waals surface area (Å²) in [6.45, 7) is 2.67. The number of rotatable bonds is 4. The Morgan fingerprint density at radius 3 is 2.96 bits per heavy atom. The lowest BCUT2D eigenvalue weighted by molar-refractivity contribution is 0.0535. The van der Waals surface area contributed by atoms with Crippen LogP contribution in [0.25, 0.3) is 0 Å². The van der Waals surface area contributed by atoms with Crippen molar-refractivity contribution in [2.75, 3.05) is 13.1 Å². The lowest BCUT2D eigenvalue weighted by Crippen LogP contribution is -2.31. The molecule has 1 aromatic carbocycles. The first-order valence-electron chi connectivity index (χ1n) is 8.33. The van der Waals surface area contributed by atoms with Crippen molar-refractivity contribution in [3.05, 3.63) is 53.3 Å². The number of pyridine rings is 1. The standard InChI is InChI=1S/C18H18N2O5S/c1-12-17(3-2-7-19-12)25-14-6-8-20(10-14)26(22,23)15-5-4-13-11-24-18(21)16(13)9-15/h2-5,7,9,14H,6,8,10-11H2,1H3/t14-/m0/s1. The zero-order valence-corrected chi connectivity index (χ0v) is 15.0. The molecule has 0 amide bonds. The molecule has 1 fully saturated rings. The van der Waals surface area contributed by atoms with Gasteiger partial charge in [-0.1, -0.05) is 6.07 Å². The average molecular weight is 374 g/mol. The first kappa shape index (κ1) is 17.0. The van der Waals surface area contributed by atoms with E-state index in [1.165, 1.54) is 16.4 Å². The Labute approximate surface area is 151 Å². The van der Waals surface area contributed by atoms with Crippen LogP contribution in [0.15, 0.2) is 41.4 Å². The molecule has 0 N–H and O–H groups in total. The number of benzene rings is 1. The molecule has 7 nitrogen and oxygen atoms in total. The molecule has 0 bridgehead atoms. The molecule has 26 heavy (non-hydrogen) atoms. The second-order valence-corrected chi connectivity index (χ2v) is 8.31. The van der Waals surface area contributed by atoms with E-state index in [2.05, 4.69) is 4.98 Å². The third-order valence-corrected chi connectivity index (χ3v) is 6.52. The van der Waals surface area contributed by atoms with Crippen LogP contribution in [0.1, 0.15) is 28.0 Å². The molecule has 3 heterocycles. The van der Waals surface area contributed by atoms with E-state index in [-0.39, 0.29) is 24.2 Å². The van der Waals surface area contributed by atoms with Gasteiger partial charge < -0.3 is 9.47 Å². The van der Waals surface area contributed by atoms with Crippen molar-refractivity contribution in [2.24, 2.45) is 0 Å². The molecule has 136 valence electrons. The zero-order chi connectivity index (χ0) is 18.3. The van der Waals surface area contributed by atoms with E-state index >= 15 is 0 Å². The van der Waals surface area contributed by atoms with Crippen molar-refractivity contribution in [1.82, 2.24) is 9.29 Å². The van der Waals surface area contributed by atoms with Crippen LogP contribution < -0.4 is 4.74 Å². The van der Waals surface area contributed by atoms with Gasteiger partial charge in [-0.3, -0.25) is 4.98 Å². The van der Waals surface area contributed by atoms with E-state index < -0.39 is 16.0 Å². The molecule has 0 saturated carbocycles. The molecule has 4 rings (SSSR count). The number of hydrogen-bond donors (Lipinski definition) is 0. The average Bonchev–Trinajstić information content (AvgIpc) is 3.24. The summed E-state index contributed by atoms with van der Waals surface area (Å²) in [4.78, 5) is 16.0. The Balaban J connectivity index is 1.52. The van der Waals surface area contributed by atoms with Gasteiger partial charge >= 0.3 is 5.97 Å². The van der Waals surface area contributed by atoms with Crippen LogP contribution in [0.4, 0.5) is 0 Å². The van der Waals surface area contributed by atoms with E-state index in [0.717, 1.165) is 5.69 Å². The van der Waals surface area contributed by atoms with Crippen LogP contribution in [-0.2, 0) is 21.4 Å². The highest BCUT2D eigenvalue weighted by Gasteiger charge is 2.35. The molecule has 8 heteroatoms. The first-order valence-corrected chi connectivity index (χ1v) is 9.77. The third kappa shape index (κ3) is 2.95. The molecule has 1 saturated heterocycles. The third-order valence-electron chi connectivity index (χ3n) is 4.66. The topological polar surface area (TPSA) is 85.8 Å². The normalized spacial score (nSPS) is 20.0. The number of carbonyl (C=O) groups excluding carboxylic acids is 1. The minimum Gasteiger partial charge on any atom is -0.487 e. The van der Waals surface area contributed by atoms with Gasteiger partial charge in [-0.2, -0.15) is 4.31 Å². The fraction of sp³-hybridized carbons (Fsp3) is 0.333. The predicted octanol–water partition coefficient (Wildman–Crippen LogP) is 1.90. The van der Waals surface area contributed by atoms with Crippen LogP contribution in [0.2, 0.25) is 0 Å². The van der Waals surface area contributed by atoms with Crippen LogP contribution in [-0.4, -0.2) is 42.9 Å². The first-order chi connectivity index (χ1) is 12.4. The smallest absolute Gasteiger partial charge is 0.338 e. The van der Waals surface area contributed by atoms with Gasteiger partial charge in [0.05, 0.1) is 22.7 Å². The molecule has 0 aliphatic carbocycles. The molecule has 0 unspecified atom stereocenters. The second kappa shape index (κ2) is 6.37. The number of esters is 1. The summed E-state index contributed by atoms with van der Waals surface area (Å²) >= 11 is 0. The molecule has 1 atom stereocenters. The summed E-state index contributed by atoms with van der Waals surface area (Å²) < 4.78 is 38.1. The van der Waals surface area contributed by atoms with E-state index in [0.29, 0.717) is 29.8 Å². The monoisotopic (exact) mass is 374 g/mol. The van der Waals surface area contributed by atoms with Gasteiger partial charge in [-0.15, -0.1) is 0 Å². The van der Waals surface area contributed by atoms with Gasteiger partial charge in [-0.05, 0) is 37.6 Å². The Bertz CT molecular complexity index is 973. The molecular formula is C18H18N2O5S. The molecule has 2 aliphatic rings. The minimum atomic E-state index is -3.69. The quantitative estimate of drug-likeness (QED) is 0.760. The SMILES string of the molecule is Cc1ncccc1O[C@H]1CCN(S(=O)(=O)c2ccc3c(c2)C(=O)OC3)C1. The zero-order valence-electron chi connectivity index (χ0n) is 14.2. The van der Waals surface area contributed by atoms with Crippen LogP contribution in [0.5, 0.6) is 5.75 Å². The number of aryl methyl sites for hydroxylation is 1. The van der Waals surface area contributed by atoms with Crippen molar-refractivity contribution < 1.29 is 22.7 Å². The lowest BCUT2D eigenvalue weighted by atomic mass is 10.1. The Morgan fingerprint density at radius 1 is 1.31 bits per heavy atom. The van der Waals surface area contributed by atoms with Crippen molar-refractivity contribution in [3.8, 4) is 5.75 Å². The maximum absolute atomic E-state index is 12.9. The number of nitrogens with zero attached hydrogens (tertiary/aromatic N) is 2. The van der Waals surface area contributed by atoms with Gasteiger partial charge in [-0.25, -0.2) is 13.2 Å². The fourth-order valence-corrected chi connectivity index (χ4v) is 4.70. The highest BCUT2D eigenvalue weighted by atomic mass is 32.2. The van der Waals surface area contributed by atoms with Crippen molar-refractivity contribution in [1.29, 1.82) is 0 Å². The predicted molar refractivity (Wildman–Crippen MR) is 92.3 cm³/mol. The molecule has 1 aromatic heterocycles. The number of sulfonamides is 1. The van der Waals surface area contributed by atoms with Gasteiger partial charge in [0.15, 0.2) is 0 Å². The summed E-state index contributed by atoms with van der Waals surface area (Å²) in [6.07, 6.45) is 2.06. The van der Waals surface area contributed by atoms with Crippen molar-refractivity contribution in [3.63, 3.8) is 0 Å². The minimum absolute atomic E-state index is 0.105. The van der Waals surface area contributed by atoms with Crippen LogP contribution >= 0.6 is 0 Å². The molecule has 0 radical (unpaired) electrons. The van der Waals surface area contributed by atoms with Gasteiger partial charge in [0.2, 0.25) is 10.0 Å². The summed E-state index contributed by atoms with van der Waals surface area (Å²) in [5.74, 6) is 0.184. The number of aromatic nitrogens is 1. The van der Waals surface area contributed by atoms with Gasteiger partial charge in [0, 0.05) is 18.3 Å². The molecule has 2 aromatic rings. The Morgan fingerprint density at radius 2 is 2.15 bits per heavy atom. The number of carbonyl (C=O) groups is 1. The maximum Gasteiger partial charge on any atom is 0.338 e. The van der Waals surface area contributed by atoms with Crippen LogP contribution in [0.3, 0.4) is 0 Å². The maximum atomic E-state index is 12.9. The highest BCUT2D eigenvalue weighted by Crippen LogP contribution is 2.28. The van der Waals surface area contributed by atoms with Gasteiger partial charge in [0.1, 0.15) is 18.5 Å². The van der Waals surface area contributed by atoms with Crippen molar-refractivity contribution in [2.45, 2.75) is 31.0 Å². The van der Waals surface area contributed by atoms with E-state index in [4.69, 9.17) is 9.47 Å². The lowest BCUT2D eigenvalue weighted by Gasteiger charge is -2.18. The fourth-order valence-electron chi connectivity index (χ4n) is 3.19. The van der Waals surface area contributed by atoms with Crippen LogP contribution in [0, 0.1) is 6.92 Å². The number of cyclic esters (lactones) is 1. The Kier molecular flexibility index (Phi) is 4.16. The molecular weight excluding hydrogens is 356 g/mol. The highest BCUT2D eigenvalue weighted by molar-refractivity contribution is 7.89. The number of ether oxygens (including phenoxy) is 2. The van der Waals surface area contributed by atoms with E-state index in [9.17, 15) is 13.2 Å². The number of hydrogen-bond acceptors (Lipinski definition) is 6. The summed E-state index contributed by atoms with van der Waals surface area (Å²) in [5, 5.41) is 0. The number of fused-ring (bicyclic) bond motifs is 1. The largest absolute Gasteiger partial charge is 0.487 e. The summed E-state index contributed by atoms with van der Waals surface area (Å²) in [7, 11) is -3.69. The molecule has 2 aliphatic heterocycles. The second-order valence-electron chi connectivity index (χ2n) is 6.37. The summed E-state index contributed by atoms with van der Waals surface area (Å²) in [6, 6.07) is 8.17. The van der Waals surface area contributed by atoms with E-state index in [1.807, 2.05) is 13.0 Å². The van der Waals surface area contributed by atoms with Gasteiger partial charge in [0.25, 0.3) is 0 Å². The summed E-state index contributed by atoms with van der Waals surface area (Å²) in [5.41, 5.74) is 1.80. The van der Waals surface area contributed by atoms with E-state index in [1.54, 1.807) is 18.3 Å². The van der Waals surface area contributed by atoms with Crippen molar-refractivity contribution >= 4 is 16.0 Å². The molecule has 0 spiro atoms.